The first-order valence-electron chi connectivity index (χ1n) is 6.20. The first kappa shape index (κ1) is 16.4. The molecule has 0 bridgehead atoms. The van der Waals surface area contributed by atoms with Crippen molar-refractivity contribution in [2.75, 3.05) is 6.54 Å². The maximum absolute atomic E-state index is 12.0. The minimum absolute atomic E-state index is 0. The molecule has 110 valence electrons. The molecule has 0 saturated heterocycles. The molecular weight excluding hydrogens is 288 g/mol. The van der Waals surface area contributed by atoms with Crippen molar-refractivity contribution in [2.45, 2.75) is 36.8 Å². The second-order valence-electron chi connectivity index (χ2n) is 5.02. The number of hydrogen-bond acceptors (Lipinski definition) is 4. The Morgan fingerprint density at radius 1 is 1.53 bits per heavy atom. The Bertz CT molecular complexity index is 503. The molecule has 2 rings (SSSR count). The van der Waals surface area contributed by atoms with Gasteiger partial charge in [-0.05, 0) is 25.2 Å². The van der Waals surface area contributed by atoms with Gasteiger partial charge in [-0.2, -0.15) is 0 Å². The van der Waals surface area contributed by atoms with E-state index in [-0.39, 0.29) is 23.5 Å². The Labute approximate surface area is 120 Å². The van der Waals surface area contributed by atoms with Gasteiger partial charge in [-0.3, -0.25) is 0 Å². The van der Waals surface area contributed by atoms with Crippen LogP contribution in [0, 0.1) is 5.92 Å². The van der Waals surface area contributed by atoms with E-state index in [1.807, 2.05) is 0 Å². The van der Waals surface area contributed by atoms with Gasteiger partial charge >= 0.3 is 0 Å². The quantitative estimate of drug-likeness (QED) is 0.854. The summed E-state index contributed by atoms with van der Waals surface area (Å²) in [4.78, 5) is 3.85. The van der Waals surface area contributed by atoms with Gasteiger partial charge in [0.1, 0.15) is 0 Å². The molecule has 0 aromatic carbocycles. The Balaban J connectivity index is 0.00000180. The predicted molar refractivity (Wildman–Crippen MR) is 75.6 cm³/mol. The van der Waals surface area contributed by atoms with Gasteiger partial charge in [0.15, 0.2) is 5.03 Å². The normalized spacial score (nSPS) is 23.9. The van der Waals surface area contributed by atoms with E-state index in [0.717, 1.165) is 25.7 Å². The number of nitrogens with zero attached hydrogens (tertiary/aromatic N) is 2. The number of rotatable bonds is 4. The van der Waals surface area contributed by atoms with E-state index < -0.39 is 10.0 Å². The molecule has 8 heteroatoms. The lowest BCUT2D eigenvalue weighted by Gasteiger charge is -2.26. The monoisotopic (exact) mass is 308 g/mol. The predicted octanol–water partition coefficient (Wildman–Crippen LogP) is 0.638. The molecule has 2 unspecified atom stereocenters. The lowest BCUT2D eigenvalue weighted by Crippen LogP contribution is -2.35. The molecule has 1 saturated carbocycles. The number of nitrogens with one attached hydrogen (secondary N) is 1. The lowest BCUT2D eigenvalue weighted by molar-refractivity contribution is 0.322. The summed E-state index contributed by atoms with van der Waals surface area (Å²) >= 11 is 0. The maximum Gasteiger partial charge on any atom is 0.259 e. The van der Waals surface area contributed by atoms with Crippen LogP contribution in [0.5, 0.6) is 0 Å². The zero-order chi connectivity index (χ0) is 13.2. The standard InChI is InChI=1S/C11H20N4O2S.ClH/c1-15-7-11(13-8-15)18(16,17)14-6-9-3-2-4-10(12)5-9;/h7-10,14H,2-6,12H2,1H3;1H. The molecule has 1 aromatic rings. The Hall–Kier alpha value is -0.630. The summed E-state index contributed by atoms with van der Waals surface area (Å²) in [6.07, 6.45) is 7.03. The molecule has 1 aromatic heterocycles. The summed E-state index contributed by atoms with van der Waals surface area (Å²) in [7, 11) is -1.74. The molecule has 1 fully saturated rings. The number of aryl methyl sites for hydroxylation is 1. The molecule has 6 nitrogen and oxygen atoms in total. The van der Waals surface area contributed by atoms with Crippen LogP contribution in [0.15, 0.2) is 17.6 Å². The van der Waals surface area contributed by atoms with Crippen molar-refractivity contribution in [3.05, 3.63) is 12.5 Å². The largest absolute Gasteiger partial charge is 0.339 e. The van der Waals surface area contributed by atoms with Crippen LogP contribution in [0.4, 0.5) is 0 Å². The summed E-state index contributed by atoms with van der Waals surface area (Å²) in [6, 6.07) is 0.211. The summed E-state index contributed by atoms with van der Waals surface area (Å²) in [5.41, 5.74) is 5.89. The van der Waals surface area contributed by atoms with Crippen LogP contribution in [0.2, 0.25) is 0 Å². The van der Waals surface area contributed by atoms with Gasteiger partial charge in [-0.25, -0.2) is 18.1 Å². The summed E-state index contributed by atoms with van der Waals surface area (Å²) in [5.74, 6) is 0.340. The number of nitrogens with two attached hydrogens (primary N) is 1. The van der Waals surface area contributed by atoms with Gasteiger partial charge in [0.2, 0.25) is 0 Å². The van der Waals surface area contributed by atoms with Crippen LogP contribution in [0.25, 0.3) is 0 Å². The van der Waals surface area contributed by atoms with Crippen LogP contribution in [0.1, 0.15) is 25.7 Å². The number of hydrogen-bond donors (Lipinski definition) is 2. The number of aromatic nitrogens is 2. The van der Waals surface area contributed by atoms with Crippen LogP contribution < -0.4 is 10.5 Å². The van der Waals surface area contributed by atoms with Crippen molar-refractivity contribution in [1.29, 1.82) is 0 Å². The van der Waals surface area contributed by atoms with E-state index in [2.05, 4.69) is 9.71 Å². The number of imidazole rings is 1. The Morgan fingerprint density at radius 2 is 2.26 bits per heavy atom. The first-order chi connectivity index (χ1) is 8.47. The lowest BCUT2D eigenvalue weighted by atomic mass is 9.86. The SMILES string of the molecule is Cl.Cn1cnc(S(=O)(=O)NCC2CCCC(N)C2)c1. The van der Waals surface area contributed by atoms with Crippen molar-refractivity contribution in [3.63, 3.8) is 0 Å². The Morgan fingerprint density at radius 3 is 2.84 bits per heavy atom. The summed E-state index contributed by atoms with van der Waals surface area (Å²) < 4.78 is 28.1. The van der Waals surface area contributed by atoms with Gasteiger partial charge in [-0.1, -0.05) is 6.42 Å². The topological polar surface area (TPSA) is 90.0 Å². The third-order valence-electron chi connectivity index (χ3n) is 3.34. The number of sulfonamides is 1. The van der Waals surface area contributed by atoms with E-state index in [4.69, 9.17) is 5.73 Å². The van der Waals surface area contributed by atoms with Gasteiger partial charge in [0.25, 0.3) is 10.0 Å². The highest BCUT2D eigenvalue weighted by molar-refractivity contribution is 7.89. The highest BCUT2D eigenvalue weighted by Gasteiger charge is 2.22. The fourth-order valence-electron chi connectivity index (χ4n) is 2.35. The zero-order valence-corrected chi connectivity index (χ0v) is 12.6. The molecule has 2 atom stereocenters. The second kappa shape index (κ2) is 6.69. The number of halogens is 1. The van der Waals surface area contributed by atoms with Gasteiger partial charge in [0, 0.05) is 25.8 Å². The average Bonchev–Trinajstić information content (AvgIpc) is 2.74. The molecular formula is C11H21ClN4O2S. The molecule has 1 aliphatic rings. The summed E-state index contributed by atoms with van der Waals surface area (Å²) in [5, 5.41) is 0.0742. The second-order valence-corrected chi connectivity index (χ2v) is 6.74. The summed E-state index contributed by atoms with van der Waals surface area (Å²) in [6.45, 7) is 0.451. The minimum atomic E-state index is -3.48. The van der Waals surface area contributed by atoms with Crippen molar-refractivity contribution < 1.29 is 8.42 Å². The van der Waals surface area contributed by atoms with Crippen LogP contribution in [0.3, 0.4) is 0 Å². The highest BCUT2D eigenvalue weighted by atomic mass is 35.5. The fourth-order valence-corrected chi connectivity index (χ4v) is 3.44. The van der Waals surface area contributed by atoms with Gasteiger partial charge in [-0.15, -0.1) is 12.4 Å². The molecule has 0 amide bonds. The van der Waals surface area contributed by atoms with Crippen LogP contribution >= 0.6 is 12.4 Å². The highest BCUT2D eigenvalue weighted by Crippen LogP contribution is 2.22. The van der Waals surface area contributed by atoms with Crippen molar-refractivity contribution in [3.8, 4) is 0 Å². The molecule has 19 heavy (non-hydrogen) atoms. The molecule has 0 aliphatic heterocycles. The van der Waals surface area contributed by atoms with E-state index in [1.54, 1.807) is 11.6 Å². The van der Waals surface area contributed by atoms with E-state index in [0.29, 0.717) is 12.5 Å². The fraction of sp³-hybridized carbons (Fsp3) is 0.727. The zero-order valence-electron chi connectivity index (χ0n) is 10.9. The van der Waals surface area contributed by atoms with Gasteiger partial charge in [0.05, 0.1) is 6.33 Å². The Kier molecular flexibility index (Phi) is 5.79. The van der Waals surface area contributed by atoms with E-state index in [1.165, 1.54) is 12.5 Å². The molecule has 0 spiro atoms. The van der Waals surface area contributed by atoms with Crippen molar-refractivity contribution >= 4 is 22.4 Å². The first-order valence-corrected chi connectivity index (χ1v) is 7.69. The van der Waals surface area contributed by atoms with Crippen LogP contribution in [-0.2, 0) is 17.1 Å². The van der Waals surface area contributed by atoms with Gasteiger partial charge < -0.3 is 10.3 Å². The van der Waals surface area contributed by atoms with E-state index >= 15 is 0 Å². The van der Waals surface area contributed by atoms with Crippen LogP contribution in [-0.4, -0.2) is 30.6 Å². The average molecular weight is 309 g/mol. The molecule has 1 aliphatic carbocycles. The van der Waals surface area contributed by atoms with Crippen molar-refractivity contribution in [2.24, 2.45) is 18.7 Å². The third-order valence-corrected chi connectivity index (χ3v) is 4.65. The smallest absolute Gasteiger partial charge is 0.259 e. The molecule has 3 N–H and O–H groups in total. The van der Waals surface area contributed by atoms with Crippen molar-refractivity contribution in [1.82, 2.24) is 14.3 Å². The minimum Gasteiger partial charge on any atom is -0.339 e. The van der Waals surface area contributed by atoms with E-state index in [9.17, 15) is 8.42 Å². The maximum atomic E-state index is 12.0. The molecule has 0 radical (unpaired) electrons. The molecule has 1 heterocycles. The third kappa shape index (κ3) is 4.45.